The molecule has 3 fully saturated rings. The van der Waals surface area contributed by atoms with Gasteiger partial charge in [-0.15, -0.1) is 0 Å². The molecule has 12 nitrogen and oxygen atoms in total. The van der Waals surface area contributed by atoms with Gasteiger partial charge in [0.1, 0.15) is 5.15 Å². The highest BCUT2D eigenvalue weighted by Crippen LogP contribution is 2.35. The van der Waals surface area contributed by atoms with E-state index in [4.69, 9.17) is 21.1 Å². The Morgan fingerprint density at radius 1 is 0.809 bits per heavy atom. The molecule has 248 valence electrons. The number of rotatable bonds is 7. The number of aromatic nitrogens is 5. The largest absolute Gasteiger partial charge is 0.437 e. The van der Waals surface area contributed by atoms with Crippen LogP contribution >= 0.6 is 22.9 Å². The van der Waals surface area contributed by atoms with E-state index in [9.17, 15) is 5.02 Å². The number of nitrogens with zero attached hydrogens (tertiary/aromatic N) is 7. The summed E-state index contributed by atoms with van der Waals surface area (Å²) in [6, 6.07) is 8.30. The summed E-state index contributed by atoms with van der Waals surface area (Å²) in [6.07, 6.45) is 5.53. The van der Waals surface area contributed by atoms with Crippen molar-refractivity contribution in [3.05, 3.63) is 59.4 Å². The number of thiazole rings is 1. The predicted molar refractivity (Wildman–Crippen MR) is 188 cm³/mol. The topological polar surface area (TPSA) is 122 Å². The molecule has 3 saturated heterocycles. The molecule has 0 atom stereocenters. The Bertz CT molecular complexity index is 1760. The van der Waals surface area contributed by atoms with Gasteiger partial charge in [-0.1, -0.05) is 22.9 Å². The Balaban J connectivity index is 0.000000174. The average Bonchev–Trinajstić information content (AvgIpc) is 3.85. The molecule has 0 unspecified atom stereocenters. The van der Waals surface area contributed by atoms with Crippen molar-refractivity contribution < 1.29 is 14.5 Å². The third kappa shape index (κ3) is 7.81. The number of piperazine rings is 1. The molecule has 47 heavy (non-hydrogen) atoms. The number of anilines is 1. The first-order valence-corrected chi connectivity index (χ1v) is 17.5. The maximum Gasteiger partial charge on any atom is 0.376 e. The molecular formula is C32H41BClN9O3S. The van der Waals surface area contributed by atoms with Crippen molar-refractivity contribution in [3.8, 4) is 10.6 Å². The van der Waals surface area contributed by atoms with Crippen LogP contribution in [0.1, 0.15) is 11.4 Å². The lowest BCUT2D eigenvalue weighted by molar-refractivity contribution is 0.0337. The molecule has 3 aliphatic heterocycles. The Kier molecular flexibility index (Phi) is 10.4. The number of nitrogens with one attached hydrogen (secondary N) is 2. The highest BCUT2D eigenvalue weighted by molar-refractivity contribution is 7.19. The molecule has 5 aromatic rings. The molecule has 0 spiro atoms. The molecule has 3 N–H and O–H groups in total. The Hall–Kier alpha value is -3.08. The molecule has 8 heterocycles. The third-order valence-corrected chi connectivity index (χ3v) is 10.4. The second-order valence-corrected chi connectivity index (χ2v) is 13.6. The third-order valence-electron chi connectivity index (χ3n) is 8.99. The van der Waals surface area contributed by atoms with Gasteiger partial charge < -0.3 is 34.2 Å². The summed E-state index contributed by atoms with van der Waals surface area (Å²) in [5, 5.41) is 13.5. The summed E-state index contributed by atoms with van der Waals surface area (Å²) in [6.45, 7) is 14.3. The van der Waals surface area contributed by atoms with E-state index in [-0.39, 0.29) is 7.05 Å². The van der Waals surface area contributed by atoms with Crippen LogP contribution in [0.2, 0.25) is 12.0 Å². The van der Waals surface area contributed by atoms with Crippen LogP contribution in [0.15, 0.2) is 42.9 Å². The first kappa shape index (κ1) is 32.5. The van der Waals surface area contributed by atoms with Gasteiger partial charge in [0, 0.05) is 112 Å². The number of fused-ring (bicyclic) bond motifs is 2. The van der Waals surface area contributed by atoms with Crippen molar-refractivity contribution in [2.45, 2.75) is 19.9 Å². The quantitative estimate of drug-likeness (QED) is 0.173. The van der Waals surface area contributed by atoms with E-state index in [1.54, 1.807) is 17.5 Å². The van der Waals surface area contributed by atoms with Crippen molar-refractivity contribution in [1.82, 2.24) is 39.5 Å². The maximum absolute atomic E-state index is 9.77. The minimum Gasteiger partial charge on any atom is -0.437 e. The first-order valence-electron chi connectivity index (χ1n) is 16.3. The number of morpholine rings is 2. The SMILES string of the molecule is CB(O)N1CCN(c2ncc(-c3nccc4[nH]c(CN5CCOCC5)cc34)s2)CC1.Clc1nccc2[nH]c(CN3CCOCC3)cc12. The van der Waals surface area contributed by atoms with Gasteiger partial charge in [-0.3, -0.25) is 14.8 Å². The molecule has 0 saturated carbocycles. The highest BCUT2D eigenvalue weighted by atomic mass is 35.5. The fourth-order valence-corrected chi connectivity index (χ4v) is 7.55. The van der Waals surface area contributed by atoms with Gasteiger partial charge in [-0.25, -0.2) is 9.97 Å². The summed E-state index contributed by atoms with van der Waals surface area (Å²) < 4.78 is 10.8. The fourth-order valence-electron chi connectivity index (χ4n) is 6.36. The molecule has 0 aliphatic carbocycles. The molecule has 8 rings (SSSR count). The van der Waals surface area contributed by atoms with Gasteiger partial charge in [-0.05, 0) is 31.1 Å². The van der Waals surface area contributed by atoms with Crippen LogP contribution in [0, 0.1) is 0 Å². The molecular weight excluding hydrogens is 637 g/mol. The summed E-state index contributed by atoms with van der Waals surface area (Å²) in [7, 11) is -0.388. The number of aromatic amines is 2. The zero-order chi connectivity index (χ0) is 32.2. The van der Waals surface area contributed by atoms with Crippen LogP contribution in [-0.2, 0) is 22.6 Å². The van der Waals surface area contributed by atoms with Crippen molar-refractivity contribution in [3.63, 3.8) is 0 Å². The Morgan fingerprint density at radius 2 is 1.38 bits per heavy atom. The highest BCUT2D eigenvalue weighted by Gasteiger charge is 2.24. The van der Waals surface area contributed by atoms with Crippen molar-refractivity contribution >= 4 is 56.9 Å². The lowest BCUT2D eigenvalue weighted by Gasteiger charge is -2.35. The zero-order valence-electron chi connectivity index (χ0n) is 26.7. The molecule has 0 bridgehead atoms. The Morgan fingerprint density at radius 3 is 1.98 bits per heavy atom. The standard InChI is InChI=1S/C20H27BN6O2S.C12H14ClN3O/c1-21(28)27-6-4-26(5-7-27)20-23-13-18(30-20)19-16-12-15(24-17(16)2-3-22-19)14-25-8-10-29-11-9-25;13-12-10-7-9(15-11(10)1-2-14-12)8-16-3-5-17-6-4-16/h2-3,12-13,24,28H,4-11,14H2,1H3;1-2,7,15H,3-6,8H2. The van der Waals surface area contributed by atoms with E-state index in [0.29, 0.717) is 5.15 Å². The van der Waals surface area contributed by atoms with Gasteiger partial charge in [-0.2, -0.15) is 0 Å². The monoisotopic (exact) mass is 677 g/mol. The van der Waals surface area contributed by atoms with Gasteiger partial charge in [0.15, 0.2) is 5.13 Å². The van der Waals surface area contributed by atoms with E-state index in [2.05, 4.69) is 56.6 Å². The Labute approximate surface area is 283 Å². The second-order valence-electron chi connectivity index (χ2n) is 12.2. The molecule has 0 radical (unpaired) electrons. The van der Waals surface area contributed by atoms with E-state index < -0.39 is 0 Å². The smallest absolute Gasteiger partial charge is 0.376 e. The van der Waals surface area contributed by atoms with Gasteiger partial charge in [0.25, 0.3) is 0 Å². The van der Waals surface area contributed by atoms with Crippen molar-refractivity contribution in [2.24, 2.45) is 0 Å². The molecule has 0 amide bonds. The summed E-state index contributed by atoms with van der Waals surface area (Å²) >= 11 is 7.74. The van der Waals surface area contributed by atoms with Crippen LogP contribution in [0.5, 0.6) is 0 Å². The summed E-state index contributed by atoms with van der Waals surface area (Å²) in [5.74, 6) is 0. The fraction of sp³-hybridized carbons (Fsp3) is 0.469. The number of ether oxygens (including phenoxy) is 2. The van der Waals surface area contributed by atoms with E-state index in [1.165, 1.54) is 11.4 Å². The van der Waals surface area contributed by atoms with Crippen molar-refractivity contribution in [2.75, 3.05) is 83.7 Å². The minimum atomic E-state index is -0.388. The normalized spacial score (nSPS) is 18.5. The molecule has 0 aromatic carbocycles. The predicted octanol–water partition coefficient (Wildman–Crippen LogP) is 3.80. The number of pyridine rings is 2. The zero-order valence-corrected chi connectivity index (χ0v) is 28.3. The van der Waals surface area contributed by atoms with Gasteiger partial charge in [0.05, 0.1) is 42.5 Å². The van der Waals surface area contributed by atoms with E-state index in [1.807, 2.05) is 31.3 Å². The van der Waals surface area contributed by atoms with Crippen LogP contribution in [0.4, 0.5) is 5.13 Å². The van der Waals surface area contributed by atoms with Crippen molar-refractivity contribution in [1.29, 1.82) is 0 Å². The van der Waals surface area contributed by atoms with Gasteiger partial charge in [0.2, 0.25) is 0 Å². The molecule has 15 heteroatoms. The van der Waals surface area contributed by atoms with Crippen LogP contribution in [0.25, 0.3) is 32.4 Å². The number of halogens is 1. The van der Waals surface area contributed by atoms with Crippen LogP contribution in [0.3, 0.4) is 0 Å². The lowest BCUT2D eigenvalue weighted by Crippen LogP contribution is -2.51. The van der Waals surface area contributed by atoms with E-state index >= 15 is 0 Å². The van der Waals surface area contributed by atoms with Crippen LogP contribution < -0.4 is 4.90 Å². The number of H-pyrrole nitrogens is 2. The van der Waals surface area contributed by atoms with E-state index in [0.717, 1.165) is 129 Å². The average molecular weight is 678 g/mol. The minimum absolute atomic E-state index is 0.388. The maximum atomic E-state index is 9.77. The van der Waals surface area contributed by atoms with Gasteiger partial charge >= 0.3 is 7.05 Å². The summed E-state index contributed by atoms with van der Waals surface area (Å²) in [5.41, 5.74) is 5.54. The molecule has 5 aromatic heterocycles. The van der Waals surface area contributed by atoms with Crippen LogP contribution in [-0.4, -0.2) is 130 Å². The molecule has 3 aliphatic rings. The first-order chi connectivity index (χ1) is 23.0. The lowest BCUT2D eigenvalue weighted by atomic mass is 9.84. The number of hydrogen-bond donors (Lipinski definition) is 3. The summed E-state index contributed by atoms with van der Waals surface area (Å²) in [4.78, 5) is 30.7. The second kappa shape index (κ2) is 15.0. The number of hydrogen-bond acceptors (Lipinski definition) is 11.